The van der Waals surface area contributed by atoms with Crippen LogP contribution in [-0.4, -0.2) is 15.6 Å². The van der Waals surface area contributed by atoms with E-state index >= 15 is 0 Å². The summed E-state index contributed by atoms with van der Waals surface area (Å²) in [4.78, 5) is 24.0. The molecule has 2 aromatic rings. The van der Waals surface area contributed by atoms with Gasteiger partial charge in [-0.1, -0.05) is 19.1 Å². The highest BCUT2D eigenvalue weighted by molar-refractivity contribution is 5.89. The maximum atomic E-state index is 13.0. The number of carbonyl (C=O) groups is 1. The van der Waals surface area contributed by atoms with E-state index in [9.17, 15) is 27.9 Å². The van der Waals surface area contributed by atoms with Gasteiger partial charge in [0.15, 0.2) is 0 Å². The molecule has 7 heteroatoms. The fourth-order valence-electron chi connectivity index (χ4n) is 2.72. The minimum absolute atomic E-state index is 0.0219. The van der Waals surface area contributed by atoms with E-state index in [1.807, 2.05) is 13.8 Å². The summed E-state index contributed by atoms with van der Waals surface area (Å²) in [6, 6.07) is 4.26. The van der Waals surface area contributed by atoms with Crippen LogP contribution in [0, 0.1) is 6.92 Å². The summed E-state index contributed by atoms with van der Waals surface area (Å²) in [7, 11) is 0. The fraction of sp³-hybridized carbons (Fsp3) is 0.333. The highest BCUT2D eigenvalue weighted by Gasteiger charge is 2.31. The highest BCUT2D eigenvalue weighted by atomic mass is 19.4. The summed E-state index contributed by atoms with van der Waals surface area (Å²) in [6.07, 6.45) is -2.62. The standard InChI is InChI=1S/C18H18F3NO3/c1-4-10(2)22-9-14(17(24)25)16(23)15(11(22)3)12-6-5-7-13(8-12)18(19,20)21/h5-10H,4H2,1-3H3,(H,24,25). The van der Waals surface area contributed by atoms with Crippen molar-refractivity contribution in [2.24, 2.45) is 0 Å². The van der Waals surface area contributed by atoms with Crippen LogP contribution in [-0.2, 0) is 6.18 Å². The molecular formula is C18H18F3NO3. The van der Waals surface area contributed by atoms with Gasteiger partial charge in [-0.3, -0.25) is 4.79 Å². The Bertz CT molecular complexity index is 869. The lowest BCUT2D eigenvalue weighted by atomic mass is 9.98. The summed E-state index contributed by atoms with van der Waals surface area (Å²) in [5.41, 5.74) is -1.67. The molecule has 1 heterocycles. The van der Waals surface area contributed by atoms with Gasteiger partial charge in [-0.05, 0) is 38.0 Å². The lowest BCUT2D eigenvalue weighted by Gasteiger charge is -2.21. The molecular weight excluding hydrogens is 335 g/mol. The largest absolute Gasteiger partial charge is 0.477 e. The zero-order valence-corrected chi connectivity index (χ0v) is 14.0. The molecule has 0 amide bonds. The first-order valence-corrected chi connectivity index (χ1v) is 7.74. The maximum Gasteiger partial charge on any atom is 0.416 e. The minimum atomic E-state index is -4.55. The third-order valence-electron chi connectivity index (χ3n) is 4.26. The van der Waals surface area contributed by atoms with Gasteiger partial charge in [0.1, 0.15) is 5.56 Å². The van der Waals surface area contributed by atoms with Gasteiger partial charge in [0.25, 0.3) is 0 Å². The van der Waals surface area contributed by atoms with Crippen LogP contribution in [0.4, 0.5) is 13.2 Å². The summed E-state index contributed by atoms with van der Waals surface area (Å²) in [6.45, 7) is 5.35. The van der Waals surface area contributed by atoms with E-state index in [4.69, 9.17) is 0 Å². The quantitative estimate of drug-likeness (QED) is 0.880. The molecule has 1 atom stereocenters. The fourth-order valence-corrected chi connectivity index (χ4v) is 2.72. The Morgan fingerprint density at radius 3 is 2.48 bits per heavy atom. The van der Waals surface area contributed by atoms with Gasteiger partial charge in [-0.25, -0.2) is 4.79 Å². The van der Waals surface area contributed by atoms with Gasteiger partial charge in [0.2, 0.25) is 5.43 Å². The van der Waals surface area contributed by atoms with E-state index in [0.29, 0.717) is 12.1 Å². The number of benzene rings is 1. The third kappa shape index (κ3) is 3.60. The zero-order valence-electron chi connectivity index (χ0n) is 14.0. The molecule has 1 N–H and O–H groups in total. The number of alkyl halides is 3. The minimum Gasteiger partial charge on any atom is -0.477 e. The number of aromatic nitrogens is 1. The van der Waals surface area contributed by atoms with Gasteiger partial charge >= 0.3 is 12.1 Å². The third-order valence-corrected chi connectivity index (χ3v) is 4.26. The molecule has 0 saturated carbocycles. The average Bonchev–Trinajstić information content (AvgIpc) is 2.53. The van der Waals surface area contributed by atoms with Crippen LogP contribution in [0.15, 0.2) is 35.3 Å². The van der Waals surface area contributed by atoms with E-state index in [1.165, 1.54) is 18.3 Å². The van der Waals surface area contributed by atoms with Crippen molar-refractivity contribution in [3.8, 4) is 11.1 Å². The number of aromatic carboxylic acids is 1. The number of halogens is 3. The Morgan fingerprint density at radius 2 is 1.96 bits per heavy atom. The molecule has 0 aliphatic carbocycles. The first-order valence-electron chi connectivity index (χ1n) is 7.74. The molecule has 0 radical (unpaired) electrons. The Balaban J connectivity index is 2.83. The average molecular weight is 353 g/mol. The molecule has 0 saturated heterocycles. The number of carboxylic acid groups (broad SMARTS) is 1. The number of carboxylic acids is 1. The van der Waals surface area contributed by atoms with Crippen LogP contribution in [0.2, 0.25) is 0 Å². The first kappa shape index (κ1) is 18.8. The summed E-state index contributed by atoms with van der Waals surface area (Å²) < 4.78 is 40.6. The second kappa shape index (κ2) is 6.74. The van der Waals surface area contributed by atoms with Crippen molar-refractivity contribution < 1.29 is 23.1 Å². The Hall–Kier alpha value is -2.57. The molecule has 2 rings (SSSR count). The molecule has 0 fully saturated rings. The van der Waals surface area contributed by atoms with Gasteiger partial charge in [-0.15, -0.1) is 0 Å². The summed E-state index contributed by atoms with van der Waals surface area (Å²) >= 11 is 0. The van der Waals surface area contributed by atoms with Crippen molar-refractivity contribution in [2.75, 3.05) is 0 Å². The highest BCUT2D eigenvalue weighted by Crippen LogP contribution is 2.32. The number of hydrogen-bond donors (Lipinski definition) is 1. The van der Waals surface area contributed by atoms with Crippen molar-refractivity contribution in [1.82, 2.24) is 4.57 Å². The van der Waals surface area contributed by atoms with Crippen LogP contribution < -0.4 is 5.43 Å². The normalized spacial score (nSPS) is 12.9. The van der Waals surface area contributed by atoms with Gasteiger partial charge < -0.3 is 9.67 Å². The number of rotatable bonds is 4. The number of nitrogens with zero attached hydrogens (tertiary/aromatic N) is 1. The molecule has 1 aromatic carbocycles. The lowest BCUT2D eigenvalue weighted by Crippen LogP contribution is -2.23. The van der Waals surface area contributed by atoms with Gasteiger partial charge in [0.05, 0.1) is 5.56 Å². The van der Waals surface area contributed by atoms with Crippen molar-refractivity contribution in [1.29, 1.82) is 0 Å². The Kier molecular flexibility index (Phi) is 5.06. The smallest absolute Gasteiger partial charge is 0.416 e. The SMILES string of the molecule is CCC(C)n1cc(C(=O)O)c(=O)c(-c2cccc(C(F)(F)F)c2)c1C. The Morgan fingerprint density at radius 1 is 1.32 bits per heavy atom. The molecule has 0 aliphatic heterocycles. The molecule has 1 aromatic heterocycles. The lowest BCUT2D eigenvalue weighted by molar-refractivity contribution is -0.137. The second-order valence-electron chi connectivity index (χ2n) is 5.88. The van der Waals surface area contributed by atoms with E-state index in [0.717, 1.165) is 12.1 Å². The van der Waals surface area contributed by atoms with Crippen molar-refractivity contribution in [2.45, 2.75) is 39.4 Å². The second-order valence-corrected chi connectivity index (χ2v) is 5.88. The summed E-state index contributed by atoms with van der Waals surface area (Å²) in [5.74, 6) is -1.41. The Labute approximate surface area is 142 Å². The molecule has 0 spiro atoms. The van der Waals surface area contributed by atoms with E-state index in [2.05, 4.69) is 0 Å². The van der Waals surface area contributed by atoms with Crippen molar-refractivity contribution in [3.63, 3.8) is 0 Å². The molecule has 25 heavy (non-hydrogen) atoms. The van der Waals surface area contributed by atoms with Crippen molar-refractivity contribution in [3.05, 3.63) is 57.5 Å². The monoisotopic (exact) mass is 353 g/mol. The van der Waals surface area contributed by atoms with Crippen LogP contribution in [0.25, 0.3) is 11.1 Å². The van der Waals surface area contributed by atoms with E-state index in [-0.39, 0.29) is 17.2 Å². The molecule has 0 bridgehead atoms. The van der Waals surface area contributed by atoms with Crippen LogP contribution in [0.5, 0.6) is 0 Å². The van der Waals surface area contributed by atoms with E-state index in [1.54, 1.807) is 11.5 Å². The van der Waals surface area contributed by atoms with E-state index < -0.39 is 28.7 Å². The zero-order chi connectivity index (χ0) is 18.9. The molecule has 1 unspecified atom stereocenters. The van der Waals surface area contributed by atoms with Gasteiger partial charge in [-0.2, -0.15) is 13.2 Å². The van der Waals surface area contributed by atoms with Crippen LogP contribution >= 0.6 is 0 Å². The molecule has 0 aliphatic rings. The van der Waals surface area contributed by atoms with Crippen molar-refractivity contribution >= 4 is 5.97 Å². The van der Waals surface area contributed by atoms with Gasteiger partial charge in [0, 0.05) is 23.5 Å². The first-order chi connectivity index (χ1) is 11.6. The predicted molar refractivity (Wildman–Crippen MR) is 87.8 cm³/mol. The van der Waals surface area contributed by atoms with Crippen LogP contribution in [0.3, 0.4) is 0 Å². The van der Waals surface area contributed by atoms with Crippen LogP contribution in [0.1, 0.15) is 47.9 Å². The number of hydrogen-bond acceptors (Lipinski definition) is 2. The number of pyridine rings is 1. The predicted octanol–water partition coefficient (Wildman–Crippen LogP) is 4.51. The summed E-state index contributed by atoms with van der Waals surface area (Å²) in [5, 5.41) is 9.30. The maximum absolute atomic E-state index is 13.0. The topological polar surface area (TPSA) is 59.3 Å². The molecule has 4 nitrogen and oxygen atoms in total. The molecule has 134 valence electrons.